The van der Waals surface area contributed by atoms with Crippen LogP contribution in [0.2, 0.25) is 10.0 Å². The lowest BCUT2D eigenvalue weighted by atomic mass is 9.75. The fourth-order valence-electron chi connectivity index (χ4n) is 1.91. The fourth-order valence-corrected chi connectivity index (χ4v) is 2.20. The molecule has 0 bridgehead atoms. The van der Waals surface area contributed by atoms with E-state index in [2.05, 4.69) is 5.32 Å². The van der Waals surface area contributed by atoms with Crippen molar-refractivity contribution < 1.29 is 4.79 Å². The molecule has 1 saturated carbocycles. The lowest BCUT2D eigenvalue weighted by Gasteiger charge is -2.37. The zero-order valence-corrected chi connectivity index (χ0v) is 10.8. The van der Waals surface area contributed by atoms with Crippen LogP contribution in [-0.2, 0) is 4.79 Å². The van der Waals surface area contributed by atoms with Crippen LogP contribution in [0, 0.1) is 0 Å². The van der Waals surface area contributed by atoms with Gasteiger partial charge in [0, 0.05) is 17.6 Å². The minimum absolute atomic E-state index is 0.0782. The van der Waals surface area contributed by atoms with Gasteiger partial charge in [-0.2, -0.15) is 0 Å². The number of hydrogen-bond donors (Lipinski definition) is 2. The van der Waals surface area contributed by atoms with Crippen LogP contribution in [0.15, 0.2) is 18.2 Å². The Balaban J connectivity index is 1.95. The standard InChI is InChI=1S/C12H14Cl2N2O/c13-9-3-2-8(6-10(9)14)16-11(17)7-12(15)4-1-5-12/h2-3,6H,1,4-5,7,15H2,(H,16,17). The molecule has 0 unspecified atom stereocenters. The molecule has 1 aromatic rings. The van der Waals surface area contributed by atoms with E-state index in [0.29, 0.717) is 22.2 Å². The van der Waals surface area contributed by atoms with Gasteiger partial charge in [-0.1, -0.05) is 23.2 Å². The first-order valence-electron chi connectivity index (χ1n) is 5.52. The van der Waals surface area contributed by atoms with Gasteiger partial charge in [-0.15, -0.1) is 0 Å². The van der Waals surface area contributed by atoms with Gasteiger partial charge in [0.15, 0.2) is 0 Å². The van der Waals surface area contributed by atoms with Crippen molar-refractivity contribution in [3.63, 3.8) is 0 Å². The van der Waals surface area contributed by atoms with Crippen molar-refractivity contribution in [2.24, 2.45) is 5.73 Å². The summed E-state index contributed by atoms with van der Waals surface area (Å²) in [4.78, 5) is 11.7. The predicted octanol–water partition coefficient (Wildman–Crippen LogP) is 3.20. The number of hydrogen-bond acceptors (Lipinski definition) is 2. The van der Waals surface area contributed by atoms with Gasteiger partial charge in [-0.25, -0.2) is 0 Å². The second-order valence-electron chi connectivity index (χ2n) is 4.57. The molecule has 1 amide bonds. The number of amides is 1. The molecule has 3 nitrogen and oxygen atoms in total. The lowest BCUT2D eigenvalue weighted by molar-refractivity contribution is -0.118. The third-order valence-electron chi connectivity index (χ3n) is 3.07. The maximum atomic E-state index is 11.7. The molecular formula is C12H14Cl2N2O. The van der Waals surface area contributed by atoms with Crippen molar-refractivity contribution >= 4 is 34.8 Å². The first kappa shape index (κ1) is 12.7. The van der Waals surface area contributed by atoms with Crippen LogP contribution < -0.4 is 11.1 Å². The number of nitrogens with one attached hydrogen (secondary N) is 1. The third-order valence-corrected chi connectivity index (χ3v) is 3.80. The Kier molecular flexibility index (Phi) is 3.61. The first-order valence-corrected chi connectivity index (χ1v) is 6.28. The predicted molar refractivity (Wildman–Crippen MR) is 70.5 cm³/mol. The number of carbonyl (C=O) groups is 1. The summed E-state index contributed by atoms with van der Waals surface area (Å²) in [6.07, 6.45) is 3.30. The molecule has 0 saturated heterocycles. The zero-order chi connectivity index (χ0) is 12.5. The second-order valence-corrected chi connectivity index (χ2v) is 5.38. The maximum absolute atomic E-state index is 11.7. The average molecular weight is 273 g/mol. The second kappa shape index (κ2) is 4.84. The van der Waals surface area contributed by atoms with Gasteiger partial charge in [-0.05, 0) is 37.5 Å². The Morgan fingerprint density at radius 2 is 2.06 bits per heavy atom. The highest BCUT2D eigenvalue weighted by Gasteiger charge is 2.34. The molecule has 0 atom stereocenters. The molecule has 5 heteroatoms. The Hall–Kier alpha value is -0.770. The van der Waals surface area contributed by atoms with Gasteiger partial charge >= 0.3 is 0 Å². The molecule has 3 N–H and O–H groups in total. The number of nitrogens with two attached hydrogens (primary N) is 1. The molecule has 1 aliphatic rings. The molecule has 2 rings (SSSR count). The van der Waals surface area contributed by atoms with Crippen molar-refractivity contribution in [3.05, 3.63) is 28.2 Å². The number of rotatable bonds is 3. The average Bonchev–Trinajstić information content (AvgIpc) is 2.21. The summed E-state index contributed by atoms with van der Waals surface area (Å²) in [5.74, 6) is -0.0782. The van der Waals surface area contributed by atoms with Crippen LogP contribution in [0.4, 0.5) is 5.69 Å². The molecule has 1 fully saturated rings. The van der Waals surface area contributed by atoms with E-state index in [4.69, 9.17) is 28.9 Å². The van der Waals surface area contributed by atoms with E-state index in [0.717, 1.165) is 19.3 Å². The Bertz CT molecular complexity index is 444. The van der Waals surface area contributed by atoms with Crippen LogP contribution in [0.1, 0.15) is 25.7 Å². The topological polar surface area (TPSA) is 55.1 Å². The van der Waals surface area contributed by atoms with Gasteiger partial charge in [0.05, 0.1) is 10.0 Å². The van der Waals surface area contributed by atoms with Crippen molar-refractivity contribution in [2.45, 2.75) is 31.2 Å². The number of carbonyl (C=O) groups excluding carboxylic acids is 1. The monoisotopic (exact) mass is 272 g/mol. The normalized spacial score (nSPS) is 17.4. The van der Waals surface area contributed by atoms with Crippen molar-refractivity contribution in [1.82, 2.24) is 0 Å². The van der Waals surface area contributed by atoms with E-state index in [-0.39, 0.29) is 11.4 Å². The summed E-state index contributed by atoms with van der Waals surface area (Å²) < 4.78 is 0. The summed E-state index contributed by atoms with van der Waals surface area (Å²) in [6.45, 7) is 0. The highest BCUT2D eigenvalue weighted by Crippen LogP contribution is 2.32. The Morgan fingerprint density at radius 1 is 1.35 bits per heavy atom. The molecular weight excluding hydrogens is 259 g/mol. The molecule has 0 aliphatic heterocycles. The summed E-state index contributed by atoms with van der Waals surface area (Å²) in [5.41, 5.74) is 6.34. The largest absolute Gasteiger partial charge is 0.326 e. The van der Waals surface area contributed by atoms with E-state index >= 15 is 0 Å². The number of anilines is 1. The minimum Gasteiger partial charge on any atom is -0.326 e. The molecule has 0 radical (unpaired) electrons. The van der Waals surface area contributed by atoms with E-state index in [9.17, 15) is 4.79 Å². The van der Waals surface area contributed by atoms with Crippen molar-refractivity contribution in [3.8, 4) is 0 Å². The zero-order valence-electron chi connectivity index (χ0n) is 9.30. The van der Waals surface area contributed by atoms with E-state index < -0.39 is 0 Å². The van der Waals surface area contributed by atoms with E-state index in [1.54, 1.807) is 18.2 Å². The molecule has 1 aromatic carbocycles. The van der Waals surface area contributed by atoms with Gasteiger partial charge in [0.1, 0.15) is 0 Å². The van der Waals surface area contributed by atoms with Crippen LogP contribution in [-0.4, -0.2) is 11.4 Å². The highest BCUT2D eigenvalue weighted by molar-refractivity contribution is 6.42. The molecule has 0 spiro atoms. The van der Waals surface area contributed by atoms with Gasteiger partial charge < -0.3 is 11.1 Å². The van der Waals surface area contributed by atoms with Gasteiger partial charge in [-0.3, -0.25) is 4.79 Å². The summed E-state index contributed by atoms with van der Waals surface area (Å²) in [7, 11) is 0. The number of halogens is 2. The summed E-state index contributed by atoms with van der Waals surface area (Å²) in [5, 5.41) is 3.67. The number of benzene rings is 1. The van der Waals surface area contributed by atoms with Crippen LogP contribution in [0.3, 0.4) is 0 Å². The van der Waals surface area contributed by atoms with Crippen LogP contribution in [0.25, 0.3) is 0 Å². The Morgan fingerprint density at radius 3 is 2.59 bits per heavy atom. The SMILES string of the molecule is NC1(CC(=O)Nc2ccc(Cl)c(Cl)c2)CCC1. The molecule has 1 aliphatic carbocycles. The summed E-state index contributed by atoms with van der Waals surface area (Å²) in [6, 6.07) is 5.00. The van der Waals surface area contributed by atoms with Crippen LogP contribution in [0.5, 0.6) is 0 Å². The highest BCUT2D eigenvalue weighted by atomic mass is 35.5. The third kappa shape index (κ3) is 3.12. The molecule has 0 aromatic heterocycles. The van der Waals surface area contributed by atoms with Crippen molar-refractivity contribution in [2.75, 3.05) is 5.32 Å². The quantitative estimate of drug-likeness (QED) is 0.888. The smallest absolute Gasteiger partial charge is 0.226 e. The minimum atomic E-state index is -0.305. The molecule has 17 heavy (non-hydrogen) atoms. The van der Waals surface area contributed by atoms with Crippen LogP contribution >= 0.6 is 23.2 Å². The van der Waals surface area contributed by atoms with E-state index in [1.165, 1.54) is 0 Å². The first-order chi connectivity index (χ1) is 7.98. The molecule has 92 valence electrons. The maximum Gasteiger partial charge on any atom is 0.226 e. The fraction of sp³-hybridized carbons (Fsp3) is 0.417. The Labute approximate surface area is 110 Å². The molecule has 0 heterocycles. The van der Waals surface area contributed by atoms with Crippen molar-refractivity contribution in [1.29, 1.82) is 0 Å². The van der Waals surface area contributed by atoms with Gasteiger partial charge in [0.25, 0.3) is 0 Å². The van der Waals surface area contributed by atoms with Gasteiger partial charge in [0.2, 0.25) is 5.91 Å². The van der Waals surface area contributed by atoms with E-state index in [1.807, 2.05) is 0 Å². The summed E-state index contributed by atoms with van der Waals surface area (Å²) >= 11 is 11.7. The lowest BCUT2D eigenvalue weighted by Crippen LogP contribution is -2.48.